The molecule has 2 rings (SSSR count). The van der Waals surface area contributed by atoms with Crippen LogP contribution in [0.25, 0.3) is 10.8 Å². The Morgan fingerprint density at radius 1 is 0.800 bits per heavy atom. The van der Waals surface area contributed by atoms with Gasteiger partial charge in [0, 0.05) is 0 Å². The molecule has 20 heavy (non-hydrogen) atoms. The van der Waals surface area contributed by atoms with Gasteiger partial charge in [0.2, 0.25) is 0 Å². The third-order valence-corrected chi connectivity index (χ3v) is 4.12. The van der Waals surface area contributed by atoms with Crippen LogP contribution >= 0.6 is 0 Å². The summed E-state index contributed by atoms with van der Waals surface area (Å²) in [7, 11) is 0. The molecule has 0 aliphatic carbocycles. The lowest BCUT2D eigenvalue weighted by Crippen LogP contribution is -2.16. The fraction of sp³-hybridized carbons (Fsp3) is 0.500. The maximum absolute atomic E-state index is 2.41. The van der Waals surface area contributed by atoms with E-state index in [-0.39, 0.29) is 5.41 Å². The van der Waals surface area contributed by atoms with Crippen molar-refractivity contribution in [1.29, 1.82) is 0 Å². The van der Waals surface area contributed by atoms with Crippen LogP contribution in [0.1, 0.15) is 77.0 Å². The van der Waals surface area contributed by atoms with Crippen molar-refractivity contribution >= 4 is 10.8 Å². The number of benzene rings is 2. The largest absolute Gasteiger partial charge is 0.0587 e. The van der Waals surface area contributed by atoms with Crippen molar-refractivity contribution < 1.29 is 0 Å². The highest BCUT2D eigenvalue weighted by Gasteiger charge is 2.22. The molecule has 0 aromatic heterocycles. The fourth-order valence-electron chi connectivity index (χ4n) is 3.03. The molecule has 0 unspecified atom stereocenters. The minimum absolute atomic E-state index is 0.175. The lowest BCUT2D eigenvalue weighted by molar-refractivity contribution is 0.583. The number of fused-ring (bicyclic) bond motifs is 1. The monoisotopic (exact) mass is 268 g/mol. The summed E-state index contributed by atoms with van der Waals surface area (Å²) in [5.74, 6) is 1.14. The maximum Gasteiger partial charge on any atom is -0.0123 e. The van der Waals surface area contributed by atoms with Gasteiger partial charge in [-0.1, -0.05) is 78.8 Å². The lowest BCUT2D eigenvalue weighted by atomic mass is 9.77. The molecule has 0 spiro atoms. The predicted octanol–water partition coefficient (Wildman–Crippen LogP) is 6.38. The van der Waals surface area contributed by atoms with E-state index < -0.39 is 0 Å². The number of rotatable bonds is 2. The lowest BCUT2D eigenvalue weighted by Gasteiger charge is -2.27. The van der Waals surface area contributed by atoms with E-state index >= 15 is 0 Å². The van der Waals surface area contributed by atoms with E-state index in [1.165, 1.54) is 27.5 Å². The Bertz CT molecular complexity index is 604. The van der Waals surface area contributed by atoms with E-state index in [4.69, 9.17) is 0 Å². The van der Waals surface area contributed by atoms with Crippen LogP contribution in [0.3, 0.4) is 0 Å². The van der Waals surface area contributed by atoms with Crippen molar-refractivity contribution in [3.8, 4) is 0 Å². The Kier molecular flexibility index (Phi) is 3.95. The SMILES string of the molecule is CC(C)c1ccc2ccc(C(C)C)c(C(C)(C)C)c2c1. The smallest absolute Gasteiger partial charge is 0.0123 e. The van der Waals surface area contributed by atoms with Crippen LogP contribution in [0.2, 0.25) is 0 Å². The molecule has 0 fully saturated rings. The topological polar surface area (TPSA) is 0 Å². The van der Waals surface area contributed by atoms with Gasteiger partial charge >= 0.3 is 0 Å². The van der Waals surface area contributed by atoms with Crippen molar-refractivity contribution in [2.45, 2.75) is 65.7 Å². The van der Waals surface area contributed by atoms with Gasteiger partial charge in [0.1, 0.15) is 0 Å². The molecule has 0 heterocycles. The van der Waals surface area contributed by atoms with Gasteiger partial charge in [-0.3, -0.25) is 0 Å². The zero-order valence-corrected chi connectivity index (χ0v) is 14.0. The standard InChI is InChI=1S/C20H28/c1-13(2)16-9-8-15-10-11-17(14(3)4)19(18(15)12-16)20(5,6)7/h8-14H,1-7H3. The Morgan fingerprint density at radius 2 is 1.40 bits per heavy atom. The minimum Gasteiger partial charge on any atom is -0.0587 e. The third-order valence-electron chi connectivity index (χ3n) is 4.12. The van der Waals surface area contributed by atoms with Crippen molar-refractivity contribution in [2.75, 3.05) is 0 Å². The molecule has 0 saturated heterocycles. The summed E-state index contributed by atoms with van der Waals surface area (Å²) in [4.78, 5) is 0. The summed E-state index contributed by atoms with van der Waals surface area (Å²) in [6.45, 7) is 16.1. The van der Waals surface area contributed by atoms with Gasteiger partial charge < -0.3 is 0 Å². The first kappa shape index (κ1) is 15.1. The number of hydrogen-bond donors (Lipinski definition) is 0. The Balaban J connectivity index is 2.85. The molecule has 0 saturated carbocycles. The van der Waals surface area contributed by atoms with Gasteiger partial charge in [-0.15, -0.1) is 0 Å². The Hall–Kier alpha value is -1.30. The molecule has 108 valence electrons. The van der Waals surface area contributed by atoms with Crippen molar-refractivity contribution in [2.24, 2.45) is 0 Å². The molecule has 2 aromatic rings. The van der Waals surface area contributed by atoms with Crippen LogP contribution in [-0.4, -0.2) is 0 Å². The van der Waals surface area contributed by atoms with Crippen LogP contribution < -0.4 is 0 Å². The highest BCUT2D eigenvalue weighted by Crippen LogP contribution is 2.37. The molecule has 0 nitrogen and oxygen atoms in total. The molecule has 0 atom stereocenters. The summed E-state index contributed by atoms with van der Waals surface area (Å²) in [6.07, 6.45) is 0. The Morgan fingerprint density at radius 3 is 1.90 bits per heavy atom. The summed E-state index contributed by atoms with van der Waals surface area (Å²) in [6, 6.07) is 11.6. The first-order chi connectivity index (χ1) is 9.21. The highest BCUT2D eigenvalue weighted by atomic mass is 14.3. The van der Waals surface area contributed by atoms with Gasteiger partial charge in [-0.25, -0.2) is 0 Å². The number of hydrogen-bond acceptors (Lipinski definition) is 0. The molecule has 0 amide bonds. The van der Waals surface area contributed by atoms with E-state index in [1.54, 1.807) is 0 Å². The summed E-state index contributed by atoms with van der Waals surface area (Å²) >= 11 is 0. The maximum atomic E-state index is 2.41. The molecule has 0 aliphatic heterocycles. The first-order valence-electron chi connectivity index (χ1n) is 7.79. The van der Waals surface area contributed by atoms with E-state index in [9.17, 15) is 0 Å². The molecule has 0 heteroatoms. The predicted molar refractivity (Wildman–Crippen MR) is 90.8 cm³/mol. The van der Waals surface area contributed by atoms with Gasteiger partial charge in [0.15, 0.2) is 0 Å². The second-order valence-electron chi connectivity index (χ2n) is 7.57. The third kappa shape index (κ3) is 2.75. The summed E-state index contributed by atoms with van der Waals surface area (Å²) in [5, 5.41) is 2.80. The molecular weight excluding hydrogens is 240 g/mol. The van der Waals surface area contributed by atoms with E-state index in [0.717, 1.165) is 0 Å². The second-order valence-corrected chi connectivity index (χ2v) is 7.57. The van der Waals surface area contributed by atoms with E-state index in [1.807, 2.05) is 0 Å². The molecular formula is C20H28. The van der Waals surface area contributed by atoms with Crippen LogP contribution in [0.15, 0.2) is 30.3 Å². The zero-order valence-electron chi connectivity index (χ0n) is 14.0. The van der Waals surface area contributed by atoms with Crippen LogP contribution in [0, 0.1) is 0 Å². The first-order valence-corrected chi connectivity index (χ1v) is 7.79. The molecule has 0 bridgehead atoms. The summed E-state index contributed by atoms with van der Waals surface area (Å²) in [5.41, 5.74) is 4.62. The van der Waals surface area contributed by atoms with Crippen molar-refractivity contribution in [3.05, 3.63) is 47.0 Å². The van der Waals surface area contributed by atoms with Crippen LogP contribution in [-0.2, 0) is 5.41 Å². The average Bonchev–Trinajstić information content (AvgIpc) is 2.35. The van der Waals surface area contributed by atoms with Crippen molar-refractivity contribution in [3.63, 3.8) is 0 Å². The molecule has 0 radical (unpaired) electrons. The van der Waals surface area contributed by atoms with Crippen molar-refractivity contribution in [1.82, 2.24) is 0 Å². The minimum atomic E-state index is 0.175. The van der Waals surface area contributed by atoms with Gasteiger partial charge in [0.05, 0.1) is 0 Å². The molecule has 0 N–H and O–H groups in total. The van der Waals surface area contributed by atoms with E-state index in [0.29, 0.717) is 11.8 Å². The second kappa shape index (κ2) is 5.24. The van der Waals surface area contributed by atoms with Gasteiger partial charge in [-0.2, -0.15) is 0 Å². The fourth-order valence-corrected chi connectivity index (χ4v) is 3.03. The van der Waals surface area contributed by atoms with Crippen LogP contribution in [0.5, 0.6) is 0 Å². The van der Waals surface area contributed by atoms with Gasteiger partial charge in [-0.05, 0) is 44.7 Å². The summed E-state index contributed by atoms with van der Waals surface area (Å²) < 4.78 is 0. The average molecular weight is 268 g/mol. The highest BCUT2D eigenvalue weighted by molar-refractivity contribution is 5.88. The normalized spacial score (nSPS) is 12.7. The quantitative estimate of drug-likeness (QED) is 0.592. The Labute approximate surface area is 124 Å². The van der Waals surface area contributed by atoms with E-state index in [2.05, 4.69) is 78.8 Å². The van der Waals surface area contributed by atoms with Gasteiger partial charge in [0.25, 0.3) is 0 Å². The molecule has 2 aromatic carbocycles. The molecule has 0 aliphatic rings. The zero-order chi connectivity index (χ0) is 15.1. The van der Waals surface area contributed by atoms with Crippen LogP contribution in [0.4, 0.5) is 0 Å².